The molecule has 1 aromatic heterocycles. The Morgan fingerprint density at radius 2 is 2.13 bits per heavy atom. The highest BCUT2D eigenvalue weighted by Crippen LogP contribution is 2.27. The lowest BCUT2D eigenvalue weighted by atomic mass is 10.1. The number of carbonyl (C=O) groups excluding carboxylic acids is 2. The molecule has 0 radical (unpaired) electrons. The SMILES string of the molecule is NC(=O)c1cnc2n1CCN(C(=O)c1ccc3c(c1)CCO3)C2. The Morgan fingerprint density at radius 1 is 1.26 bits per heavy atom. The van der Waals surface area contributed by atoms with E-state index in [2.05, 4.69) is 4.98 Å². The van der Waals surface area contributed by atoms with Crippen LogP contribution in [0.1, 0.15) is 32.2 Å². The quantitative estimate of drug-likeness (QED) is 0.878. The van der Waals surface area contributed by atoms with Gasteiger partial charge in [0.2, 0.25) is 0 Å². The molecule has 1 aromatic carbocycles. The van der Waals surface area contributed by atoms with Crippen molar-refractivity contribution >= 4 is 11.8 Å². The predicted octanol–water partition coefficient (Wildman–Crippen LogP) is 0.573. The standard InChI is InChI=1S/C16H16N4O3/c17-15(21)12-8-18-14-9-19(4-5-20(12)14)16(22)11-1-2-13-10(7-11)3-6-23-13/h1-2,7-8H,3-6,9H2,(H2,17,21). The summed E-state index contributed by atoms with van der Waals surface area (Å²) in [4.78, 5) is 30.0. The Morgan fingerprint density at radius 3 is 2.96 bits per heavy atom. The van der Waals surface area contributed by atoms with Crippen LogP contribution in [0.2, 0.25) is 0 Å². The van der Waals surface area contributed by atoms with E-state index in [0.717, 1.165) is 17.7 Å². The van der Waals surface area contributed by atoms with Gasteiger partial charge >= 0.3 is 0 Å². The Labute approximate surface area is 132 Å². The lowest BCUT2D eigenvalue weighted by molar-refractivity contribution is 0.0706. The molecule has 0 aliphatic carbocycles. The lowest BCUT2D eigenvalue weighted by Gasteiger charge is -2.28. The van der Waals surface area contributed by atoms with Gasteiger partial charge in [0.15, 0.2) is 0 Å². The number of amides is 2. The van der Waals surface area contributed by atoms with Crippen LogP contribution in [0, 0.1) is 0 Å². The highest BCUT2D eigenvalue weighted by Gasteiger charge is 2.26. The molecular formula is C16H16N4O3. The highest BCUT2D eigenvalue weighted by atomic mass is 16.5. The summed E-state index contributed by atoms with van der Waals surface area (Å²) in [5, 5.41) is 0. The van der Waals surface area contributed by atoms with E-state index in [0.29, 0.717) is 43.3 Å². The number of nitrogens with two attached hydrogens (primary N) is 1. The molecule has 23 heavy (non-hydrogen) atoms. The van der Waals surface area contributed by atoms with Gasteiger partial charge in [-0.1, -0.05) is 0 Å². The number of aromatic nitrogens is 2. The minimum atomic E-state index is -0.498. The number of hydrogen-bond donors (Lipinski definition) is 1. The lowest BCUT2D eigenvalue weighted by Crippen LogP contribution is -2.39. The molecule has 0 unspecified atom stereocenters. The van der Waals surface area contributed by atoms with E-state index in [-0.39, 0.29) is 5.91 Å². The Bertz CT molecular complexity index is 812. The second-order valence-corrected chi connectivity index (χ2v) is 5.72. The third kappa shape index (κ3) is 2.25. The van der Waals surface area contributed by atoms with E-state index in [1.807, 2.05) is 12.1 Å². The summed E-state index contributed by atoms with van der Waals surface area (Å²) in [5.41, 5.74) is 7.45. The van der Waals surface area contributed by atoms with Crippen molar-refractivity contribution in [2.45, 2.75) is 19.5 Å². The fourth-order valence-corrected chi connectivity index (χ4v) is 3.13. The second kappa shape index (κ2) is 5.12. The Kier molecular flexibility index (Phi) is 3.07. The third-order valence-electron chi connectivity index (χ3n) is 4.34. The number of nitrogens with zero attached hydrogens (tertiary/aromatic N) is 3. The Balaban J connectivity index is 1.57. The van der Waals surface area contributed by atoms with Crippen LogP contribution < -0.4 is 10.5 Å². The molecule has 0 bridgehead atoms. The number of hydrogen-bond acceptors (Lipinski definition) is 4. The van der Waals surface area contributed by atoms with Gasteiger partial charge in [-0.2, -0.15) is 0 Å². The summed E-state index contributed by atoms with van der Waals surface area (Å²) in [6.07, 6.45) is 2.31. The first kappa shape index (κ1) is 13.8. The zero-order chi connectivity index (χ0) is 16.0. The van der Waals surface area contributed by atoms with E-state index in [4.69, 9.17) is 10.5 Å². The van der Waals surface area contributed by atoms with Gasteiger partial charge in [0.05, 0.1) is 19.3 Å². The van der Waals surface area contributed by atoms with Crippen LogP contribution in [-0.2, 0) is 19.5 Å². The van der Waals surface area contributed by atoms with Crippen molar-refractivity contribution in [1.82, 2.24) is 14.5 Å². The fraction of sp³-hybridized carbons (Fsp3) is 0.312. The molecule has 4 rings (SSSR count). The first-order valence-corrected chi connectivity index (χ1v) is 7.52. The second-order valence-electron chi connectivity index (χ2n) is 5.72. The first-order chi connectivity index (χ1) is 11.1. The minimum Gasteiger partial charge on any atom is -0.493 e. The maximum Gasteiger partial charge on any atom is 0.266 e. The van der Waals surface area contributed by atoms with Gasteiger partial charge in [-0.3, -0.25) is 9.59 Å². The monoisotopic (exact) mass is 312 g/mol. The van der Waals surface area contributed by atoms with Crippen LogP contribution >= 0.6 is 0 Å². The zero-order valence-corrected chi connectivity index (χ0v) is 12.5. The first-order valence-electron chi connectivity index (χ1n) is 7.52. The molecule has 0 saturated carbocycles. The minimum absolute atomic E-state index is 0.0328. The van der Waals surface area contributed by atoms with Crippen molar-refractivity contribution < 1.29 is 14.3 Å². The molecule has 7 nitrogen and oxygen atoms in total. The van der Waals surface area contributed by atoms with Crippen molar-refractivity contribution in [3.05, 3.63) is 47.0 Å². The fourth-order valence-electron chi connectivity index (χ4n) is 3.13. The van der Waals surface area contributed by atoms with Gasteiger partial charge in [-0.15, -0.1) is 0 Å². The van der Waals surface area contributed by atoms with Gasteiger partial charge < -0.3 is 19.9 Å². The number of imidazole rings is 1. The normalized spacial score (nSPS) is 15.7. The molecule has 118 valence electrons. The van der Waals surface area contributed by atoms with Gasteiger partial charge in [0.25, 0.3) is 11.8 Å². The van der Waals surface area contributed by atoms with Crippen LogP contribution in [0.5, 0.6) is 5.75 Å². The summed E-state index contributed by atoms with van der Waals surface area (Å²) in [6.45, 7) is 2.09. The molecule has 2 aliphatic heterocycles. The number of ether oxygens (including phenoxy) is 1. The maximum absolute atomic E-state index is 12.7. The summed E-state index contributed by atoms with van der Waals surface area (Å²) in [5.74, 6) is 1.02. The van der Waals surface area contributed by atoms with E-state index >= 15 is 0 Å². The van der Waals surface area contributed by atoms with Crippen molar-refractivity contribution in [2.75, 3.05) is 13.2 Å². The molecule has 2 amide bonds. The van der Waals surface area contributed by atoms with Gasteiger partial charge in [0.1, 0.15) is 17.3 Å². The van der Waals surface area contributed by atoms with Crippen LogP contribution in [0.3, 0.4) is 0 Å². The molecule has 2 N–H and O–H groups in total. The average Bonchev–Trinajstić information content (AvgIpc) is 3.19. The molecule has 2 aliphatic rings. The third-order valence-corrected chi connectivity index (χ3v) is 4.34. The van der Waals surface area contributed by atoms with E-state index < -0.39 is 5.91 Å². The molecule has 2 aromatic rings. The highest BCUT2D eigenvalue weighted by molar-refractivity contribution is 5.95. The summed E-state index contributed by atoms with van der Waals surface area (Å²) >= 11 is 0. The largest absolute Gasteiger partial charge is 0.493 e. The average molecular weight is 312 g/mol. The van der Waals surface area contributed by atoms with Gasteiger partial charge in [0, 0.05) is 25.1 Å². The van der Waals surface area contributed by atoms with Gasteiger partial charge in [-0.05, 0) is 23.8 Å². The number of fused-ring (bicyclic) bond motifs is 2. The summed E-state index contributed by atoms with van der Waals surface area (Å²) in [6, 6.07) is 5.55. The molecule has 0 fully saturated rings. The molecule has 7 heteroatoms. The molecule has 0 atom stereocenters. The van der Waals surface area contributed by atoms with Crippen molar-refractivity contribution in [3.8, 4) is 5.75 Å². The number of primary amides is 1. The summed E-state index contributed by atoms with van der Waals surface area (Å²) in [7, 11) is 0. The smallest absolute Gasteiger partial charge is 0.266 e. The van der Waals surface area contributed by atoms with Gasteiger partial charge in [-0.25, -0.2) is 4.98 Å². The van der Waals surface area contributed by atoms with E-state index in [1.54, 1.807) is 15.5 Å². The summed E-state index contributed by atoms with van der Waals surface area (Å²) < 4.78 is 7.25. The van der Waals surface area contributed by atoms with E-state index in [9.17, 15) is 9.59 Å². The zero-order valence-electron chi connectivity index (χ0n) is 12.5. The predicted molar refractivity (Wildman–Crippen MR) is 81.1 cm³/mol. The molecule has 0 spiro atoms. The van der Waals surface area contributed by atoms with Crippen LogP contribution in [0.4, 0.5) is 0 Å². The van der Waals surface area contributed by atoms with Crippen LogP contribution in [0.25, 0.3) is 0 Å². The van der Waals surface area contributed by atoms with Crippen molar-refractivity contribution in [2.24, 2.45) is 5.73 Å². The molecular weight excluding hydrogens is 296 g/mol. The topological polar surface area (TPSA) is 90.5 Å². The van der Waals surface area contributed by atoms with Crippen LogP contribution in [-0.4, -0.2) is 39.4 Å². The maximum atomic E-state index is 12.7. The molecule has 0 saturated heterocycles. The number of carbonyl (C=O) groups is 2. The number of rotatable bonds is 2. The van der Waals surface area contributed by atoms with E-state index in [1.165, 1.54) is 6.20 Å². The van der Waals surface area contributed by atoms with Crippen LogP contribution in [0.15, 0.2) is 24.4 Å². The molecule has 3 heterocycles. The Hall–Kier alpha value is -2.83. The van der Waals surface area contributed by atoms with Crippen molar-refractivity contribution in [3.63, 3.8) is 0 Å². The number of benzene rings is 1. The van der Waals surface area contributed by atoms with Crippen molar-refractivity contribution in [1.29, 1.82) is 0 Å².